The average molecular weight is 290 g/mol. The number of carboxylic acids is 1. The lowest BCUT2D eigenvalue weighted by molar-refractivity contribution is 0.0694. The fraction of sp³-hybridized carbons (Fsp3) is 0.462. The smallest absolute Gasteiger partial charge is 0.336 e. The monoisotopic (exact) mass is 290 g/mol. The van der Waals surface area contributed by atoms with Gasteiger partial charge in [-0.25, -0.2) is 13.6 Å². The summed E-state index contributed by atoms with van der Waals surface area (Å²) in [5.74, 6) is -0.942. The Labute approximate surface area is 113 Å². The number of aromatic carboxylic acids is 1. The van der Waals surface area contributed by atoms with Crippen LogP contribution in [-0.2, 0) is 17.2 Å². The van der Waals surface area contributed by atoms with E-state index in [1.165, 1.54) is 0 Å². The third kappa shape index (κ3) is 3.37. The van der Waals surface area contributed by atoms with Gasteiger partial charge in [0.25, 0.3) is 6.43 Å². The molecule has 6 heteroatoms. The van der Waals surface area contributed by atoms with E-state index in [0.29, 0.717) is 6.42 Å². The van der Waals surface area contributed by atoms with Crippen LogP contribution < -0.4 is 0 Å². The molecule has 0 aliphatic heterocycles. The van der Waals surface area contributed by atoms with E-state index in [1.54, 1.807) is 13.8 Å². The average Bonchev–Trinajstić information content (AvgIpc) is 2.36. The zero-order valence-corrected chi connectivity index (χ0v) is 11.6. The van der Waals surface area contributed by atoms with Crippen molar-refractivity contribution >= 4 is 16.8 Å². The fourth-order valence-corrected chi connectivity index (χ4v) is 3.45. The second-order valence-electron chi connectivity index (χ2n) is 4.02. The molecular weight excluding hydrogens is 274 g/mol. The Morgan fingerprint density at radius 1 is 1.37 bits per heavy atom. The lowest BCUT2D eigenvalue weighted by atomic mass is 10.0. The summed E-state index contributed by atoms with van der Waals surface area (Å²) in [6, 6.07) is 2.23. The van der Waals surface area contributed by atoms with Crippen molar-refractivity contribution in [1.29, 1.82) is 0 Å². The lowest BCUT2D eigenvalue weighted by Crippen LogP contribution is -2.11. The maximum atomic E-state index is 13.0. The molecule has 0 fully saturated rings. The molecule has 0 aliphatic carbocycles. The lowest BCUT2D eigenvalue weighted by Gasteiger charge is -2.15. The highest BCUT2D eigenvalue weighted by molar-refractivity contribution is 7.85. The predicted octanol–water partition coefficient (Wildman–Crippen LogP) is 3.40. The summed E-state index contributed by atoms with van der Waals surface area (Å²) in [5, 5.41) is 9.08. The number of carbonyl (C=O) groups is 1. The van der Waals surface area contributed by atoms with Gasteiger partial charge in [0.1, 0.15) is 0 Å². The fourth-order valence-electron chi connectivity index (χ4n) is 1.93. The minimum absolute atomic E-state index is 0.000694. The summed E-state index contributed by atoms with van der Waals surface area (Å²) in [7, 11) is -1.60. The molecule has 1 aromatic carbocycles. The zero-order valence-electron chi connectivity index (χ0n) is 10.8. The summed E-state index contributed by atoms with van der Waals surface area (Å²) in [4.78, 5) is 11.1. The molecule has 19 heavy (non-hydrogen) atoms. The molecule has 0 aromatic heterocycles. The van der Waals surface area contributed by atoms with Crippen molar-refractivity contribution in [2.45, 2.75) is 38.0 Å². The van der Waals surface area contributed by atoms with Crippen LogP contribution in [-0.4, -0.2) is 21.0 Å². The van der Waals surface area contributed by atoms with Crippen LogP contribution in [0.5, 0.6) is 0 Å². The predicted molar refractivity (Wildman–Crippen MR) is 69.3 cm³/mol. The SMILES string of the molecule is CCC[S@](=O)c1c(C(F)F)ccc(C(=O)O)c1CC. The highest BCUT2D eigenvalue weighted by atomic mass is 32.2. The Morgan fingerprint density at radius 3 is 2.42 bits per heavy atom. The van der Waals surface area contributed by atoms with Crippen molar-refractivity contribution in [3.63, 3.8) is 0 Å². The number of halogens is 2. The minimum atomic E-state index is -2.76. The Hall–Kier alpha value is -1.30. The topological polar surface area (TPSA) is 54.4 Å². The molecule has 0 aliphatic rings. The summed E-state index contributed by atoms with van der Waals surface area (Å²) in [6.45, 7) is 3.47. The van der Waals surface area contributed by atoms with Crippen LogP contribution in [0.3, 0.4) is 0 Å². The van der Waals surface area contributed by atoms with Gasteiger partial charge in [0, 0.05) is 11.3 Å². The highest BCUT2D eigenvalue weighted by Gasteiger charge is 2.24. The molecule has 0 bridgehead atoms. The van der Waals surface area contributed by atoms with Crippen LogP contribution in [0.1, 0.15) is 48.2 Å². The molecule has 0 unspecified atom stereocenters. The van der Waals surface area contributed by atoms with E-state index in [1.807, 2.05) is 0 Å². The van der Waals surface area contributed by atoms with Crippen molar-refractivity contribution in [3.05, 3.63) is 28.8 Å². The number of alkyl halides is 2. The summed E-state index contributed by atoms with van der Waals surface area (Å²) >= 11 is 0. The standard InChI is InChI=1S/C13H16F2O3S/c1-3-7-19(18)11-8(4-2)9(13(16)17)5-6-10(11)12(14)15/h5-6,12H,3-4,7H2,1-2H3,(H,16,17)/t19-/m0/s1. The van der Waals surface area contributed by atoms with Crippen molar-refractivity contribution in [1.82, 2.24) is 0 Å². The van der Waals surface area contributed by atoms with E-state index in [0.717, 1.165) is 12.1 Å². The molecular formula is C13H16F2O3S. The van der Waals surface area contributed by atoms with E-state index in [2.05, 4.69) is 0 Å². The van der Waals surface area contributed by atoms with Crippen molar-refractivity contribution < 1.29 is 22.9 Å². The minimum Gasteiger partial charge on any atom is -0.478 e. The van der Waals surface area contributed by atoms with E-state index in [4.69, 9.17) is 5.11 Å². The normalized spacial score (nSPS) is 12.7. The summed E-state index contributed by atoms with van der Waals surface area (Å²) in [5.41, 5.74) is -0.128. The van der Waals surface area contributed by atoms with Gasteiger partial charge in [-0.1, -0.05) is 19.9 Å². The molecule has 1 aromatic rings. The Bertz CT molecular complexity index is 501. The van der Waals surface area contributed by atoms with Gasteiger partial charge in [0.05, 0.1) is 21.3 Å². The number of hydrogen-bond donors (Lipinski definition) is 1. The zero-order chi connectivity index (χ0) is 14.6. The highest BCUT2D eigenvalue weighted by Crippen LogP contribution is 2.31. The first-order valence-electron chi connectivity index (χ1n) is 5.99. The third-order valence-corrected chi connectivity index (χ3v) is 4.44. The van der Waals surface area contributed by atoms with E-state index in [-0.39, 0.29) is 33.8 Å². The maximum Gasteiger partial charge on any atom is 0.336 e. The van der Waals surface area contributed by atoms with E-state index < -0.39 is 23.2 Å². The molecule has 3 nitrogen and oxygen atoms in total. The van der Waals surface area contributed by atoms with Crippen molar-refractivity contribution in [2.75, 3.05) is 5.75 Å². The van der Waals surface area contributed by atoms with Crippen LogP contribution in [0.25, 0.3) is 0 Å². The number of carboxylic acid groups (broad SMARTS) is 1. The van der Waals surface area contributed by atoms with Crippen LogP contribution >= 0.6 is 0 Å². The number of benzene rings is 1. The molecule has 1 rings (SSSR count). The molecule has 1 atom stereocenters. The van der Waals surface area contributed by atoms with Crippen molar-refractivity contribution in [3.8, 4) is 0 Å². The first kappa shape index (κ1) is 15.8. The van der Waals surface area contributed by atoms with E-state index in [9.17, 15) is 17.8 Å². The molecule has 0 spiro atoms. The Balaban J connectivity index is 3.54. The van der Waals surface area contributed by atoms with Gasteiger partial charge in [-0.3, -0.25) is 4.21 Å². The molecule has 0 saturated heterocycles. The van der Waals surface area contributed by atoms with Gasteiger partial charge < -0.3 is 5.11 Å². The second kappa shape index (κ2) is 6.75. The molecule has 106 valence electrons. The van der Waals surface area contributed by atoms with Crippen molar-refractivity contribution in [2.24, 2.45) is 0 Å². The third-order valence-electron chi connectivity index (χ3n) is 2.73. The van der Waals surface area contributed by atoms with Crippen LogP contribution in [0.2, 0.25) is 0 Å². The summed E-state index contributed by atoms with van der Waals surface area (Å²) in [6.07, 6.45) is -1.92. The Kier molecular flexibility index (Phi) is 5.60. The molecule has 1 N–H and O–H groups in total. The molecule has 0 amide bonds. The van der Waals surface area contributed by atoms with Gasteiger partial charge in [0.2, 0.25) is 0 Å². The van der Waals surface area contributed by atoms with Gasteiger partial charge in [-0.05, 0) is 24.5 Å². The Morgan fingerprint density at radius 2 is 2.00 bits per heavy atom. The van der Waals surface area contributed by atoms with Crippen LogP contribution in [0, 0.1) is 0 Å². The molecule has 0 heterocycles. The van der Waals surface area contributed by atoms with E-state index >= 15 is 0 Å². The largest absolute Gasteiger partial charge is 0.478 e. The first-order chi connectivity index (χ1) is 8.93. The van der Waals surface area contributed by atoms with Gasteiger partial charge >= 0.3 is 5.97 Å². The van der Waals surface area contributed by atoms with Gasteiger partial charge in [0.15, 0.2) is 0 Å². The maximum absolute atomic E-state index is 13.0. The first-order valence-corrected chi connectivity index (χ1v) is 7.31. The van der Waals surface area contributed by atoms with Crippen LogP contribution in [0.4, 0.5) is 8.78 Å². The van der Waals surface area contributed by atoms with Gasteiger partial charge in [-0.2, -0.15) is 0 Å². The second-order valence-corrected chi connectivity index (χ2v) is 5.53. The molecule has 0 saturated carbocycles. The number of rotatable bonds is 6. The van der Waals surface area contributed by atoms with Gasteiger partial charge in [-0.15, -0.1) is 0 Å². The number of hydrogen-bond acceptors (Lipinski definition) is 2. The molecule has 0 radical (unpaired) electrons. The van der Waals surface area contributed by atoms with Crippen LogP contribution in [0.15, 0.2) is 17.0 Å². The summed E-state index contributed by atoms with van der Waals surface area (Å²) < 4.78 is 38.1. The quantitative estimate of drug-likeness (QED) is 0.873.